The van der Waals surface area contributed by atoms with Crippen LogP contribution in [0.15, 0.2) is 30.3 Å². The molecule has 1 unspecified atom stereocenters. The van der Waals surface area contributed by atoms with E-state index >= 15 is 0 Å². The van der Waals surface area contributed by atoms with Crippen LogP contribution in [0.4, 0.5) is 0 Å². The lowest BCUT2D eigenvalue weighted by Gasteiger charge is -2.44. The van der Waals surface area contributed by atoms with Crippen molar-refractivity contribution in [2.45, 2.75) is 37.5 Å². The lowest BCUT2D eigenvalue weighted by Crippen LogP contribution is -2.44. The average Bonchev–Trinajstić information content (AvgIpc) is 3.07. The first-order valence-electron chi connectivity index (χ1n) is 9.01. The number of benzene rings is 1. The highest BCUT2D eigenvalue weighted by Crippen LogP contribution is 2.44. The van der Waals surface area contributed by atoms with Crippen molar-refractivity contribution in [3.8, 4) is 0 Å². The summed E-state index contributed by atoms with van der Waals surface area (Å²) in [7, 11) is 0. The lowest BCUT2D eigenvalue weighted by atomic mass is 9.78. The van der Waals surface area contributed by atoms with Crippen LogP contribution in [0.25, 0.3) is 0 Å². The molecule has 0 aromatic heterocycles. The predicted octanol–water partition coefficient (Wildman–Crippen LogP) is 2.99. The molecule has 1 spiro atoms. The predicted molar refractivity (Wildman–Crippen MR) is 88.2 cm³/mol. The van der Waals surface area contributed by atoms with E-state index in [0.29, 0.717) is 12.0 Å². The molecule has 2 heterocycles. The van der Waals surface area contributed by atoms with E-state index in [9.17, 15) is 0 Å². The highest BCUT2D eigenvalue weighted by atomic mass is 16.7. The first kappa shape index (κ1) is 15.6. The second-order valence-corrected chi connectivity index (χ2v) is 6.95. The SMILES string of the molecule is c1ccc(C(C2CCC3(CC2)OCCO3)N2CCOCC2)cc1. The van der Waals surface area contributed by atoms with Crippen LogP contribution in [0.3, 0.4) is 0 Å². The molecule has 23 heavy (non-hydrogen) atoms. The van der Waals surface area contributed by atoms with E-state index in [1.54, 1.807) is 0 Å². The summed E-state index contributed by atoms with van der Waals surface area (Å²) in [4.78, 5) is 2.62. The second-order valence-electron chi connectivity index (χ2n) is 6.95. The van der Waals surface area contributed by atoms with E-state index in [4.69, 9.17) is 14.2 Å². The summed E-state index contributed by atoms with van der Waals surface area (Å²) < 4.78 is 17.4. The molecule has 0 N–H and O–H groups in total. The molecule has 4 nitrogen and oxygen atoms in total. The maximum Gasteiger partial charge on any atom is 0.168 e. The van der Waals surface area contributed by atoms with Gasteiger partial charge in [0.25, 0.3) is 0 Å². The number of nitrogens with zero attached hydrogens (tertiary/aromatic N) is 1. The fourth-order valence-electron chi connectivity index (χ4n) is 4.47. The number of hydrogen-bond acceptors (Lipinski definition) is 4. The van der Waals surface area contributed by atoms with Crippen molar-refractivity contribution in [2.75, 3.05) is 39.5 Å². The molecular formula is C19H27NO3. The maximum atomic E-state index is 5.90. The third-order valence-electron chi connectivity index (χ3n) is 5.63. The lowest BCUT2D eigenvalue weighted by molar-refractivity contribution is -0.186. The van der Waals surface area contributed by atoms with E-state index in [0.717, 1.165) is 52.4 Å². The van der Waals surface area contributed by atoms with Crippen LogP contribution in [0.1, 0.15) is 37.3 Å². The van der Waals surface area contributed by atoms with Crippen molar-refractivity contribution in [2.24, 2.45) is 5.92 Å². The van der Waals surface area contributed by atoms with Crippen molar-refractivity contribution in [1.82, 2.24) is 4.90 Å². The summed E-state index contributed by atoms with van der Waals surface area (Å²) in [5, 5.41) is 0. The van der Waals surface area contributed by atoms with Crippen LogP contribution in [-0.4, -0.2) is 50.2 Å². The third-order valence-corrected chi connectivity index (χ3v) is 5.63. The number of morpholine rings is 1. The Bertz CT molecular complexity index is 485. The summed E-state index contributed by atoms with van der Waals surface area (Å²) in [6.45, 7) is 5.30. The van der Waals surface area contributed by atoms with Gasteiger partial charge in [0.2, 0.25) is 0 Å². The van der Waals surface area contributed by atoms with Crippen LogP contribution in [-0.2, 0) is 14.2 Å². The minimum absolute atomic E-state index is 0.261. The quantitative estimate of drug-likeness (QED) is 0.857. The summed E-state index contributed by atoms with van der Waals surface area (Å²) in [5.74, 6) is 0.414. The Morgan fingerprint density at radius 3 is 2.22 bits per heavy atom. The largest absolute Gasteiger partial charge is 0.379 e. The molecule has 1 atom stereocenters. The molecular weight excluding hydrogens is 290 g/mol. The van der Waals surface area contributed by atoms with E-state index < -0.39 is 0 Å². The first-order valence-corrected chi connectivity index (χ1v) is 9.01. The Hall–Kier alpha value is -0.940. The Kier molecular flexibility index (Phi) is 4.67. The second kappa shape index (κ2) is 6.89. The van der Waals surface area contributed by atoms with Gasteiger partial charge in [-0.1, -0.05) is 30.3 Å². The van der Waals surface area contributed by atoms with Crippen molar-refractivity contribution in [3.63, 3.8) is 0 Å². The van der Waals surface area contributed by atoms with Crippen molar-refractivity contribution in [3.05, 3.63) is 35.9 Å². The highest BCUT2D eigenvalue weighted by molar-refractivity contribution is 5.20. The van der Waals surface area contributed by atoms with Crippen LogP contribution in [0, 0.1) is 5.92 Å². The van der Waals surface area contributed by atoms with Gasteiger partial charge >= 0.3 is 0 Å². The molecule has 3 aliphatic rings. The highest BCUT2D eigenvalue weighted by Gasteiger charge is 2.43. The molecule has 1 aromatic rings. The molecule has 2 aliphatic heterocycles. The van der Waals surface area contributed by atoms with Crippen molar-refractivity contribution in [1.29, 1.82) is 0 Å². The minimum Gasteiger partial charge on any atom is -0.379 e. The van der Waals surface area contributed by atoms with Crippen LogP contribution >= 0.6 is 0 Å². The molecule has 0 bridgehead atoms. The molecule has 2 saturated heterocycles. The van der Waals surface area contributed by atoms with E-state index in [-0.39, 0.29) is 5.79 Å². The summed E-state index contributed by atoms with van der Waals surface area (Å²) >= 11 is 0. The molecule has 3 fully saturated rings. The Labute approximate surface area is 138 Å². The standard InChI is InChI=1S/C19H27NO3/c1-2-4-16(5-3-1)18(20-10-12-21-13-11-20)17-6-8-19(9-7-17)22-14-15-23-19/h1-5,17-18H,6-15H2. The monoisotopic (exact) mass is 317 g/mol. The van der Waals surface area contributed by atoms with Gasteiger partial charge in [-0.3, -0.25) is 4.90 Å². The normalized spacial score (nSPS) is 27.3. The number of hydrogen-bond donors (Lipinski definition) is 0. The van der Waals surface area contributed by atoms with Gasteiger partial charge in [0.15, 0.2) is 5.79 Å². The minimum atomic E-state index is -0.261. The van der Waals surface area contributed by atoms with Gasteiger partial charge < -0.3 is 14.2 Å². The Balaban J connectivity index is 1.51. The van der Waals surface area contributed by atoms with E-state index in [2.05, 4.69) is 35.2 Å². The molecule has 4 heteroatoms. The smallest absolute Gasteiger partial charge is 0.168 e. The number of ether oxygens (including phenoxy) is 3. The molecule has 0 radical (unpaired) electrons. The zero-order valence-electron chi connectivity index (χ0n) is 13.8. The van der Waals surface area contributed by atoms with Gasteiger partial charge in [-0.25, -0.2) is 0 Å². The topological polar surface area (TPSA) is 30.9 Å². The van der Waals surface area contributed by atoms with Gasteiger partial charge in [0.1, 0.15) is 0 Å². The molecule has 1 aromatic carbocycles. The third kappa shape index (κ3) is 3.31. The van der Waals surface area contributed by atoms with Gasteiger partial charge in [0, 0.05) is 32.0 Å². The first-order chi connectivity index (χ1) is 11.4. The van der Waals surface area contributed by atoms with E-state index in [1.165, 1.54) is 18.4 Å². The van der Waals surface area contributed by atoms with Gasteiger partial charge in [-0.2, -0.15) is 0 Å². The average molecular weight is 317 g/mol. The molecule has 4 rings (SSSR count). The fourth-order valence-corrected chi connectivity index (χ4v) is 4.47. The summed E-state index contributed by atoms with van der Waals surface area (Å²) in [6, 6.07) is 11.5. The Morgan fingerprint density at radius 1 is 0.913 bits per heavy atom. The summed E-state index contributed by atoms with van der Waals surface area (Å²) in [5.41, 5.74) is 1.45. The van der Waals surface area contributed by atoms with Crippen molar-refractivity contribution < 1.29 is 14.2 Å². The molecule has 1 saturated carbocycles. The maximum absolute atomic E-state index is 5.90. The van der Waals surface area contributed by atoms with Gasteiger partial charge in [-0.05, 0) is 24.3 Å². The van der Waals surface area contributed by atoms with Crippen LogP contribution in [0.5, 0.6) is 0 Å². The zero-order chi connectivity index (χ0) is 15.5. The van der Waals surface area contributed by atoms with E-state index in [1.807, 2.05) is 0 Å². The fraction of sp³-hybridized carbons (Fsp3) is 0.684. The summed E-state index contributed by atoms with van der Waals surface area (Å²) in [6.07, 6.45) is 4.42. The van der Waals surface area contributed by atoms with Gasteiger partial charge in [0.05, 0.1) is 26.4 Å². The zero-order valence-corrected chi connectivity index (χ0v) is 13.8. The molecule has 126 valence electrons. The van der Waals surface area contributed by atoms with Gasteiger partial charge in [-0.15, -0.1) is 0 Å². The molecule has 1 aliphatic carbocycles. The Morgan fingerprint density at radius 2 is 1.57 bits per heavy atom. The van der Waals surface area contributed by atoms with Crippen molar-refractivity contribution >= 4 is 0 Å². The number of rotatable bonds is 3. The van der Waals surface area contributed by atoms with Crippen LogP contribution in [0.2, 0.25) is 0 Å². The molecule has 0 amide bonds. The van der Waals surface area contributed by atoms with Crippen LogP contribution < -0.4 is 0 Å².